The molecule has 0 saturated carbocycles. The monoisotopic (exact) mass is 344 g/mol. The molecule has 2 N–H and O–H groups in total. The number of nitrogens with one attached hydrogen (secondary N) is 1. The second-order valence-corrected chi connectivity index (χ2v) is 6.87. The Hall–Kier alpha value is -2.05. The predicted octanol–water partition coefficient (Wildman–Crippen LogP) is 2.70. The lowest BCUT2D eigenvalue weighted by Crippen LogP contribution is -2.26. The molecule has 2 aromatic heterocycles. The molecule has 0 amide bonds. The van der Waals surface area contributed by atoms with Gasteiger partial charge in [-0.15, -0.1) is 0 Å². The highest BCUT2D eigenvalue weighted by Gasteiger charge is 2.18. The minimum Gasteiger partial charge on any atom is -0.462 e. The molecule has 1 aliphatic rings. The normalized spacial score (nSPS) is 18.8. The van der Waals surface area contributed by atoms with Gasteiger partial charge in [-0.25, -0.2) is 4.98 Å². The van der Waals surface area contributed by atoms with E-state index in [-0.39, 0.29) is 6.61 Å². The van der Waals surface area contributed by atoms with Crippen molar-refractivity contribution in [2.24, 2.45) is 0 Å². The van der Waals surface area contributed by atoms with Crippen molar-refractivity contribution in [1.82, 2.24) is 9.88 Å². The molecule has 0 aliphatic carbocycles. The van der Waals surface area contributed by atoms with E-state index in [1.165, 1.54) is 0 Å². The Morgan fingerprint density at radius 1 is 1.20 bits per heavy atom. The quantitative estimate of drug-likeness (QED) is 0.840. The van der Waals surface area contributed by atoms with Crippen molar-refractivity contribution in [2.75, 3.05) is 37.4 Å². The molecule has 3 rings (SSSR count). The van der Waals surface area contributed by atoms with Gasteiger partial charge in [-0.05, 0) is 50.1 Å². The molecule has 0 radical (unpaired) electrons. The van der Waals surface area contributed by atoms with Crippen molar-refractivity contribution in [3.8, 4) is 0 Å². The van der Waals surface area contributed by atoms with Crippen LogP contribution in [0.3, 0.4) is 0 Å². The molecule has 1 aliphatic heterocycles. The molecule has 0 unspecified atom stereocenters. The lowest BCUT2D eigenvalue weighted by molar-refractivity contribution is 0.222. The molecular formula is C19H28N4O2. The molecule has 6 nitrogen and oxygen atoms in total. The third kappa shape index (κ3) is 4.96. The standard InChI is InChI=1S/C19H28N4O2/c1-22(2)19-8-5-16(12-20-19)21-15-4-3-10-23(11-9-15)13-17-6-7-18(14-24)25-17/h5-8,12,15,21,24H,3-4,9-11,13-14H2,1-2H3/t15-/m0/s1. The van der Waals surface area contributed by atoms with Gasteiger partial charge in [0.05, 0.1) is 18.4 Å². The number of pyridine rings is 1. The van der Waals surface area contributed by atoms with Crippen LogP contribution >= 0.6 is 0 Å². The molecule has 0 spiro atoms. The van der Waals surface area contributed by atoms with Gasteiger partial charge in [0.25, 0.3) is 0 Å². The maximum atomic E-state index is 9.10. The second-order valence-electron chi connectivity index (χ2n) is 6.87. The van der Waals surface area contributed by atoms with Gasteiger partial charge in [0.15, 0.2) is 0 Å². The number of aromatic nitrogens is 1. The van der Waals surface area contributed by atoms with Gasteiger partial charge in [-0.3, -0.25) is 4.90 Å². The van der Waals surface area contributed by atoms with Gasteiger partial charge in [-0.1, -0.05) is 0 Å². The van der Waals surface area contributed by atoms with Crippen molar-refractivity contribution in [2.45, 2.75) is 38.5 Å². The summed E-state index contributed by atoms with van der Waals surface area (Å²) in [4.78, 5) is 8.90. The summed E-state index contributed by atoms with van der Waals surface area (Å²) in [6.07, 6.45) is 5.33. The Kier molecular flexibility index (Phi) is 5.94. The van der Waals surface area contributed by atoms with Crippen LogP contribution in [0.25, 0.3) is 0 Å². The summed E-state index contributed by atoms with van der Waals surface area (Å²) in [5.41, 5.74) is 1.09. The maximum absolute atomic E-state index is 9.10. The van der Waals surface area contributed by atoms with Crippen molar-refractivity contribution in [3.05, 3.63) is 42.0 Å². The number of aliphatic hydroxyl groups is 1. The Bertz CT molecular complexity index is 654. The molecule has 2 aromatic rings. The summed E-state index contributed by atoms with van der Waals surface area (Å²) >= 11 is 0. The lowest BCUT2D eigenvalue weighted by Gasteiger charge is -2.20. The summed E-state index contributed by atoms with van der Waals surface area (Å²) in [6.45, 7) is 2.89. The summed E-state index contributed by atoms with van der Waals surface area (Å²) in [5.74, 6) is 2.54. The van der Waals surface area contributed by atoms with E-state index >= 15 is 0 Å². The summed E-state index contributed by atoms with van der Waals surface area (Å²) in [6, 6.07) is 8.43. The molecule has 1 saturated heterocycles. The van der Waals surface area contributed by atoms with Crippen molar-refractivity contribution in [3.63, 3.8) is 0 Å². The minimum atomic E-state index is -0.0351. The zero-order valence-corrected chi connectivity index (χ0v) is 15.1. The van der Waals surface area contributed by atoms with E-state index in [4.69, 9.17) is 9.52 Å². The average molecular weight is 344 g/mol. The molecular weight excluding hydrogens is 316 g/mol. The first-order valence-electron chi connectivity index (χ1n) is 8.95. The molecule has 1 atom stereocenters. The number of aliphatic hydroxyl groups excluding tert-OH is 1. The van der Waals surface area contributed by atoms with Crippen molar-refractivity contribution >= 4 is 11.5 Å². The summed E-state index contributed by atoms with van der Waals surface area (Å²) in [7, 11) is 4.00. The molecule has 0 bridgehead atoms. The maximum Gasteiger partial charge on any atom is 0.129 e. The molecule has 0 aromatic carbocycles. The van der Waals surface area contributed by atoms with Gasteiger partial charge < -0.3 is 19.7 Å². The van der Waals surface area contributed by atoms with Crippen LogP contribution in [-0.2, 0) is 13.2 Å². The van der Waals surface area contributed by atoms with Gasteiger partial charge in [-0.2, -0.15) is 0 Å². The highest BCUT2D eigenvalue weighted by atomic mass is 16.4. The van der Waals surface area contributed by atoms with E-state index in [9.17, 15) is 0 Å². The van der Waals surface area contributed by atoms with Crippen LogP contribution in [0, 0.1) is 0 Å². The Balaban J connectivity index is 1.50. The number of hydrogen-bond acceptors (Lipinski definition) is 6. The average Bonchev–Trinajstić information content (AvgIpc) is 2.96. The van der Waals surface area contributed by atoms with Crippen LogP contribution in [0.2, 0.25) is 0 Å². The highest BCUT2D eigenvalue weighted by molar-refractivity contribution is 5.48. The summed E-state index contributed by atoms with van der Waals surface area (Å²) < 4.78 is 5.61. The van der Waals surface area contributed by atoms with Crippen LogP contribution in [-0.4, -0.2) is 48.2 Å². The number of furan rings is 1. The van der Waals surface area contributed by atoms with Crippen LogP contribution in [0.1, 0.15) is 30.8 Å². The zero-order valence-electron chi connectivity index (χ0n) is 15.1. The Labute approximate surface area is 149 Å². The predicted molar refractivity (Wildman–Crippen MR) is 99.7 cm³/mol. The fraction of sp³-hybridized carbons (Fsp3) is 0.526. The second kappa shape index (κ2) is 8.36. The first-order chi connectivity index (χ1) is 12.1. The van der Waals surface area contributed by atoms with E-state index in [1.807, 2.05) is 43.4 Å². The van der Waals surface area contributed by atoms with Crippen molar-refractivity contribution in [1.29, 1.82) is 0 Å². The van der Waals surface area contributed by atoms with Crippen LogP contribution in [0.5, 0.6) is 0 Å². The van der Waals surface area contributed by atoms with E-state index in [0.29, 0.717) is 11.8 Å². The number of rotatable bonds is 6. The lowest BCUT2D eigenvalue weighted by atomic mass is 10.1. The topological polar surface area (TPSA) is 64.8 Å². The van der Waals surface area contributed by atoms with Crippen LogP contribution < -0.4 is 10.2 Å². The highest BCUT2D eigenvalue weighted by Crippen LogP contribution is 2.20. The SMILES string of the molecule is CN(C)c1ccc(N[C@H]2CCCN(Cc3ccc(CO)o3)CC2)cn1. The zero-order chi connectivity index (χ0) is 17.6. The molecule has 136 valence electrons. The largest absolute Gasteiger partial charge is 0.462 e. The number of anilines is 2. The van der Waals surface area contributed by atoms with Crippen molar-refractivity contribution < 1.29 is 9.52 Å². The van der Waals surface area contributed by atoms with Gasteiger partial charge in [0, 0.05) is 26.7 Å². The van der Waals surface area contributed by atoms with Gasteiger partial charge in [0.1, 0.15) is 23.9 Å². The Morgan fingerprint density at radius 2 is 2.04 bits per heavy atom. The molecule has 6 heteroatoms. The number of likely N-dealkylation sites (tertiary alicyclic amines) is 1. The smallest absolute Gasteiger partial charge is 0.129 e. The van der Waals surface area contributed by atoms with Gasteiger partial charge >= 0.3 is 0 Å². The molecule has 3 heterocycles. The number of hydrogen-bond donors (Lipinski definition) is 2. The van der Waals surface area contributed by atoms with Crippen LogP contribution in [0.4, 0.5) is 11.5 Å². The van der Waals surface area contributed by atoms with Gasteiger partial charge in [0.2, 0.25) is 0 Å². The fourth-order valence-corrected chi connectivity index (χ4v) is 3.24. The first kappa shape index (κ1) is 17.8. The van der Waals surface area contributed by atoms with E-state index in [1.54, 1.807) is 0 Å². The minimum absolute atomic E-state index is 0.0351. The number of nitrogens with zero attached hydrogens (tertiary/aromatic N) is 3. The fourth-order valence-electron chi connectivity index (χ4n) is 3.24. The molecule has 1 fully saturated rings. The van der Waals surface area contributed by atoms with Crippen LogP contribution in [0.15, 0.2) is 34.9 Å². The van der Waals surface area contributed by atoms with E-state index in [2.05, 4.69) is 21.3 Å². The third-order valence-electron chi connectivity index (χ3n) is 4.65. The van der Waals surface area contributed by atoms with E-state index in [0.717, 1.165) is 56.2 Å². The summed E-state index contributed by atoms with van der Waals surface area (Å²) in [5, 5.41) is 12.7. The van der Waals surface area contributed by atoms with E-state index < -0.39 is 0 Å². The third-order valence-corrected chi connectivity index (χ3v) is 4.65. The molecule has 25 heavy (non-hydrogen) atoms. The first-order valence-corrected chi connectivity index (χ1v) is 8.95. The Morgan fingerprint density at radius 3 is 2.72 bits per heavy atom.